The topological polar surface area (TPSA) is 208 Å². The van der Waals surface area contributed by atoms with Gasteiger partial charge in [0.05, 0.1) is 39.3 Å². The van der Waals surface area contributed by atoms with Gasteiger partial charge in [-0.3, -0.25) is 24.7 Å². The third-order valence-corrected chi connectivity index (χ3v) is 18.6. The standard InChI is InChI=1S/C57H73N9O9S/c1-37(2)44-6-4-5-7-45(44)52-35-63(41-17-27-73-28-18-41)25-26-64(52)34-39-15-23-62(24-16-39)42-8-10-46(49(31-42)65-48-19-29-74-36-53(48)75-56-51(65)30-40-14-22-58-54(40)60-56)55(67)61-76(71,72)43-9-11-47(50(32-43)66(69)70)59-33-38-12-20-57(3,68)21-13-38/h4-11,14,22,30-32,37-39,41,48,52-53,59,68H,12-13,15-21,23-29,33-36H2,1-3H3,(H,58,60)(H,61,67)/t38-,48-,52+,53-,57-/m0/s1. The number of aromatic nitrogens is 2. The normalized spacial score (nSPS) is 25.2. The van der Waals surface area contributed by atoms with E-state index in [4.69, 9.17) is 19.2 Å². The fraction of sp³-hybridized carbons (Fsp3) is 0.544. The zero-order chi connectivity index (χ0) is 52.7. The summed E-state index contributed by atoms with van der Waals surface area (Å²) in [5.41, 5.74) is 4.70. The Balaban J connectivity index is 0.864. The molecule has 4 saturated heterocycles. The van der Waals surface area contributed by atoms with Gasteiger partial charge in [0.25, 0.3) is 21.6 Å². The average Bonchev–Trinajstić information content (AvgIpc) is 3.92. The number of amides is 1. The SMILES string of the molecule is CC(C)c1ccccc1[C@H]1CN(C2CCOCC2)CCN1CC1CCN(c2ccc(C(=O)NS(=O)(=O)c3ccc(NC[C@H]4CC[C@](C)(O)CC4)c([N+](=O)[O-])c3)c(N3c4cc5cc[nH]c5nc4O[C@H]4COCC[C@@H]43)c2)CC1. The highest BCUT2D eigenvalue weighted by Crippen LogP contribution is 2.46. The van der Waals surface area contributed by atoms with Gasteiger partial charge in [0.1, 0.15) is 23.1 Å². The van der Waals surface area contributed by atoms with Crippen molar-refractivity contribution in [1.29, 1.82) is 0 Å². The Bertz CT molecular complexity index is 3020. The number of rotatable bonds is 14. The van der Waals surface area contributed by atoms with E-state index in [-0.39, 0.29) is 23.2 Å². The highest BCUT2D eigenvalue weighted by molar-refractivity contribution is 7.90. The van der Waals surface area contributed by atoms with E-state index in [1.165, 1.54) is 23.3 Å². The number of nitrogens with one attached hydrogen (secondary N) is 3. The lowest BCUT2D eigenvalue weighted by Gasteiger charge is -2.47. The molecule has 3 aromatic carbocycles. The molecule has 2 aromatic heterocycles. The van der Waals surface area contributed by atoms with Gasteiger partial charge in [0.15, 0.2) is 0 Å². The number of nitrogens with zero attached hydrogens (tertiary/aromatic N) is 6. The van der Waals surface area contributed by atoms with Crippen molar-refractivity contribution >= 4 is 55.4 Å². The van der Waals surface area contributed by atoms with Crippen LogP contribution in [0.2, 0.25) is 0 Å². The molecular weight excluding hydrogens is 987 g/mol. The van der Waals surface area contributed by atoms with Crippen LogP contribution in [-0.4, -0.2) is 140 Å². The molecule has 11 rings (SSSR count). The molecule has 406 valence electrons. The quantitative estimate of drug-likeness (QED) is 0.0607. The summed E-state index contributed by atoms with van der Waals surface area (Å²) in [7, 11) is -4.63. The summed E-state index contributed by atoms with van der Waals surface area (Å²) in [4.78, 5) is 44.1. The lowest BCUT2D eigenvalue weighted by atomic mass is 9.80. The summed E-state index contributed by atoms with van der Waals surface area (Å²) < 4.78 is 49.0. The maximum absolute atomic E-state index is 14.8. The number of fused-ring (bicyclic) bond motifs is 3. The van der Waals surface area contributed by atoms with Crippen molar-refractivity contribution in [2.24, 2.45) is 11.8 Å². The molecule has 19 heteroatoms. The molecule has 18 nitrogen and oxygen atoms in total. The van der Waals surface area contributed by atoms with Gasteiger partial charge in [-0.25, -0.2) is 13.1 Å². The number of aromatic amines is 1. The smallest absolute Gasteiger partial charge is 0.293 e. The molecule has 3 atom stereocenters. The van der Waals surface area contributed by atoms with Crippen LogP contribution in [0.25, 0.3) is 11.0 Å². The van der Waals surface area contributed by atoms with Crippen molar-refractivity contribution in [3.63, 3.8) is 0 Å². The first-order valence-corrected chi connectivity index (χ1v) is 29.0. The number of ether oxygens (including phenoxy) is 3. The third kappa shape index (κ3) is 11.0. The van der Waals surface area contributed by atoms with Crippen molar-refractivity contribution in [3.05, 3.63) is 106 Å². The first-order valence-electron chi connectivity index (χ1n) is 27.6. The Hall–Kier alpha value is -5.83. The first-order chi connectivity index (χ1) is 36.7. The molecule has 5 fully saturated rings. The van der Waals surface area contributed by atoms with E-state index in [0.29, 0.717) is 85.8 Å². The number of hydrogen-bond acceptors (Lipinski definition) is 15. The van der Waals surface area contributed by atoms with Gasteiger partial charge < -0.3 is 39.4 Å². The van der Waals surface area contributed by atoms with E-state index in [9.17, 15) is 28.4 Å². The van der Waals surface area contributed by atoms with Crippen molar-refractivity contribution in [1.82, 2.24) is 24.5 Å². The molecule has 1 saturated carbocycles. The molecule has 5 aliphatic heterocycles. The number of anilines is 4. The van der Waals surface area contributed by atoms with Gasteiger partial charge in [-0.05, 0) is 136 Å². The summed E-state index contributed by atoms with van der Waals surface area (Å²) in [6.07, 6.45) is 8.87. The molecular formula is C57H73N9O9S. The van der Waals surface area contributed by atoms with E-state index in [1.807, 2.05) is 37.4 Å². The van der Waals surface area contributed by atoms with Gasteiger partial charge in [0, 0.05) is 101 Å². The molecule has 5 aromatic rings. The van der Waals surface area contributed by atoms with Gasteiger partial charge in [0.2, 0.25) is 5.88 Å². The van der Waals surface area contributed by atoms with E-state index in [1.54, 1.807) is 6.07 Å². The summed E-state index contributed by atoms with van der Waals surface area (Å²) in [5.74, 6) is 0.584. The Kier molecular flexibility index (Phi) is 15.0. The summed E-state index contributed by atoms with van der Waals surface area (Å²) in [5, 5.41) is 26.8. The minimum atomic E-state index is -4.63. The fourth-order valence-corrected chi connectivity index (χ4v) is 13.8. The molecule has 6 aliphatic rings. The van der Waals surface area contributed by atoms with Gasteiger partial charge in [-0.15, -0.1) is 0 Å². The number of carbonyl (C=O) groups excluding carboxylic acids is 1. The number of sulfonamides is 1. The number of piperidine rings is 1. The summed E-state index contributed by atoms with van der Waals surface area (Å²) in [6, 6.07) is 22.7. The van der Waals surface area contributed by atoms with Crippen LogP contribution in [0.15, 0.2) is 83.9 Å². The fourth-order valence-electron chi connectivity index (χ4n) is 12.8. The molecule has 0 bridgehead atoms. The number of benzene rings is 3. The van der Waals surface area contributed by atoms with Crippen molar-refractivity contribution < 1.29 is 37.5 Å². The van der Waals surface area contributed by atoms with Crippen LogP contribution in [0.3, 0.4) is 0 Å². The lowest BCUT2D eigenvalue weighted by molar-refractivity contribution is -0.384. The second-order valence-corrected chi connectivity index (χ2v) is 24.3. The largest absolute Gasteiger partial charge is 0.468 e. The zero-order valence-electron chi connectivity index (χ0n) is 44.0. The number of pyridine rings is 1. The monoisotopic (exact) mass is 1060 g/mol. The van der Waals surface area contributed by atoms with Crippen LogP contribution in [0.5, 0.6) is 5.88 Å². The molecule has 0 spiro atoms. The highest BCUT2D eigenvalue weighted by atomic mass is 32.2. The first kappa shape index (κ1) is 52.2. The maximum Gasteiger partial charge on any atom is 0.293 e. The average molecular weight is 1060 g/mol. The predicted molar refractivity (Wildman–Crippen MR) is 292 cm³/mol. The van der Waals surface area contributed by atoms with Gasteiger partial charge >= 0.3 is 0 Å². The lowest BCUT2D eigenvalue weighted by Crippen LogP contribution is -2.54. The minimum absolute atomic E-state index is 0.112. The van der Waals surface area contributed by atoms with Crippen LogP contribution in [0, 0.1) is 22.0 Å². The number of H-pyrrole nitrogens is 1. The van der Waals surface area contributed by atoms with E-state index >= 15 is 0 Å². The van der Waals surface area contributed by atoms with Crippen LogP contribution in [0.4, 0.5) is 28.4 Å². The minimum Gasteiger partial charge on any atom is -0.468 e. The van der Waals surface area contributed by atoms with Gasteiger partial charge in [-0.1, -0.05) is 38.1 Å². The van der Waals surface area contributed by atoms with E-state index in [2.05, 4.69) is 72.7 Å². The maximum atomic E-state index is 14.8. The zero-order valence-corrected chi connectivity index (χ0v) is 44.8. The molecule has 0 unspecified atom stereocenters. The van der Waals surface area contributed by atoms with Crippen molar-refractivity contribution in [3.8, 4) is 5.88 Å². The Morgan fingerprint density at radius 1 is 0.908 bits per heavy atom. The second kappa shape index (κ2) is 21.9. The summed E-state index contributed by atoms with van der Waals surface area (Å²) >= 11 is 0. The highest BCUT2D eigenvalue weighted by Gasteiger charge is 2.43. The van der Waals surface area contributed by atoms with Crippen molar-refractivity contribution in [2.75, 3.05) is 87.4 Å². The Morgan fingerprint density at radius 2 is 1.68 bits per heavy atom. The second-order valence-electron chi connectivity index (χ2n) is 22.6. The van der Waals surface area contributed by atoms with Crippen molar-refractivity contribution in [2.45, 2.75) is 119 Å². The van der Waals surface area contributed by atoms with E-state index < -0.39 is 43.1 Å². The number of nitro groups is 1. The third-order valence-electron chi connectivity index (χ3n) is 17.2. The predicted octanol–water partition coefficient (Wildman–Crippen LogP) is 8.51. The van der Waals surface area contributed by atoms with E-state index in [0.717, 1.165) is 108 Å². The van der Waals surface area contributed by atoms with Crippen LogP contribution in [0.1, 0.15) is 112 Å². The number of nitro benzene ring substituents is 1. The number of hydrogen-bond donors (Lipinski definition) is 4. The number of carbonyl (C=O) groups is 1. The summed E-state index contributed by atoms with van der Waals surface area (Å²) in [6.45, 7) is 15.0. The molecule has 1 aliphatic carbocycles. The molecule has 76 heavy (non-hydrogen) atoms. The Morgan fingerprint density at radius 3 is 2.46 bits per heavy atom. The Labute approximate surface area is 445 Å². The number of aliphatic hydroxyl groups is 1. The van der Waals surface area contributed by atoms with Crippen LogP contribution >= 0.6 is 0 Å². The molecule has 1 amide bonds. The molecule has 4 N–H and O–H groups in total. The molecule has 7 heterocycles. The van der Waals surface area contributed by atoms with Gasteiger partial charge in [-0.2, -0.15) is 4.98 Å². The number of piperazine rings is 1. The molecule has 0 radical (unpaired) electrons. The van der Waals surface area contributed by atoms with Crippen LogP contribution < -0.4 is 24.6 Å². The van der Waals surface area contributed by atoms with Crippen LogP contribution in [-0.2, 0) is 19.5 Å².